The molecule has 0 bridgehead atoms. The number of carbonyl (C=O) groups is 1. The molecule has 6 heteroatoms. The van der Waals surface area contributed by atoms with Gasteiger partial charge in [0.15, 0.2) is 5.82 Å². The van der Waals surface area contributed by atoms with E-state index in [4.69, 9.17) is 11.6 Å². The Labute approximate surface area is 115 Å². The molecule has 0 spiro atoms. The fraction of sp³-hybridized carbons (Fsp3) is 0.231. The number of fused-ring (bicyclic) bond motifs is 1. The van der Waals surface area contributed by atoms with Crippen molar-refractivity contribution in [1.29, 1.82) is 0 Å². The van der Waals surface area contributed by atoms with Gasteiger partial charge >= 0.3 is 0 Å². The van der Waals surface area contributed by atoms with E-state index >= 15 is 0 Å². The van der Waals surface area contributed by atoms with E-state index in [-0.39, 0.29) is 12.5 Å². The zero-order chi connectivity index (χ0) is 13.6. The SMILES string of the molecule is Cc1nn(C)c2c1NC(=O)CN2c1ccc(Cl)cc1. The molecule has 3 rings (SSSR count). The minimum absolute atomic E-state index is 0.0430. The smallest absolute Gasteiger partial charge is 0.244 e. The lowest BCUT2D eigenvalue weighted by molar-refractivity contribution is -0.115. The van der Waals surface area contributed by atoms with Crippen molar-refractivity contribution < 1.29 is 4.79 Å². The second kappa shape index (κ2) is 4.28. The van der Waals surface area contributed by atoms with Crippen LogP contribution in [-0.2, 0) is 11.8 Å². The van der Waals surface area contributed by atoms with E-state index in [1.54, 1.807) is 4.68 Å². The number of aromatic nitrogens is 2. The van der Waals surface area contributed by atoms with E-state index in [1.807, 2.05) is 43.1 Å². The molecule has 98 valence electrons. The first-order chi connectivity index (χ1) is 9.06. The number of halogens is 1. The molecule has 2 aromatic rings. The quantitative estimate of drug-likeness (QED) is 0.870. The van der Waals surface area contributed by atoms with Gasteiger partial charge < -0.3 is 10.2 Å². The molecule has 2 heterocycles. The Morgan fingerprint density at radius 2 is 2.00 bits per heavy atom. The van der Waals surface area contributed by atoms with Crippen LogP contribution in [0, 0.1) is 6.92 Å². The second-order valence-electron chi connectivity index (χ2n) is 4.52. The van der Waals surface area contributed by atoms with E-state index < -0.39 is 0 Å². The summed E-state index contributed by atoms with van der Waals surface area (Å²) in [5, 5.41) is 7.90. The van der Waals surface area contributed by atoms with E-state index in [0.717, 1.165) is 22.9 Å². The number of anilines is 3. The summed E-state index contributed by atoms with van der Waals surface area (Å²) in [5.41, 5.74) is 2.50. The summed E-state index contributed by atoms with van der Waals surface area (Å²) in [4.78, 5) is 13.8. The number of aryl methyl sites for hydroxylation is 2. The van der Waals surface area contributed by atoms with Gasteiger partial charge in [-0.2, -0.15) is 5.10 Å². The normalized spacial score (nSPS) is 14.3. The molecule has 0 saturated heterocycles. The van der Waals surface area contributed by atoms with Crippen LogP contribution in [-0.4, -0.2) is 22.2 Å². The minimum atomic E-state index is -0.0430. The van der Waals surface area contributed by atoms with Crippen molar-refractivity contribution in [2.45, 2.75) is 6.92 Å². The lowest BCUT2D eigenvalue weighted by Gasteiger charge is -2.29. The van der Waals surface area contributed by atoms with E-state index in [1.165, 1.54) is 0 Å². The third-order valence-corrected chi connectivity index (χ3v) is 3.40. The van der Waals surface area contributed by atoms with Gasteiger partial charge in [-0.25, -0.2) is 0 Å². The van der Waals surface area contributed by atoms with Crippen LogP contribution in [0.25, 0.3) is 0 Å². The van der Waals surface area contributed by atoms with Gasteiger partial charge in [-0.05, 0) is 31.2 Å². The molecule has 1 aliphatic heterocycles. The number of nitrogens with zero attached hydrogens (tertiary/aromatic N) is 3. The maximum atomic E-state index is 11.8. The third kappa shape index (κ3) is 1.96. The molecular formula is C13H13ClN4O. The Kier molecular flexibility index (Phi) is 2.71. The van der Waals surface area contributed by atoms with Gasteiger partial charge in [0, 0.05) is 17.8 Å². The van der Waals surface area contributed by atoms with Crippen molar-refractivity contribution in [3.05, 3.63) is 35.0 Å². The molecule has 0 aliphatic carbocycles. The summed E-state index contributed by atoms with van der Waals surface area (Å²) in [6, 6.07) is 7.42. The first-order valence-electron chi connectivity index (χ1n) is 5.93. The molecule has 0 atom stereocenters. The van der Waals surface area contributed by atoms with Gasteiger partial charge in [-0.1, -0.05) is 11.6 Å². The lowest BCUT2D eigenvalue weighted by Crippen LogP contribution is -2.35. The van der Waals surface area contributed by atoms with Crippen molar-refractivity contribution in [3.8, 4) is 0 Å². The highest BCUT2D eigenvalue weighted by Crippen LogP contribution is 2.36. The summed E-state index contributed by atoms with van der Waals surface area (Å²) >= 11 is 5.90. The fourth-order valence-corrected chi connectivity index (χ4v) is 2.46. The summed E-state index contributed by atoms with van der Waals surface area (Å²) in [6.07, 6.45) is 0. The topological polar surface area (TPSA) is 50.2 Å². The molecule has 0 saturated carbocycles. The summed E-state index contributed by atoms with van der Waals surface area (Å²) in [6.45, 7) is 2.15. The highest BCUT2D eigenvalue weighted by molar-refractivity contribution is 6.30. The van der Waals surface area contributed by atoms with Crippen LogP contribution in [0.3, 0.4) is 0 Å². The standard InChI is InChI=1S/C13H13ClN4O/c1-8-12-13(17(2)16-8)18(7-11(19)15-12)10-5-3-9(14)4-6-10/h3-6H,7H2,1-2H3,(H,15,19). The molecule has 1 N–H and O–H groups in total. The van der Waals surface area contributed by atoms with E-state index in [9.17, 15) is 4.79 Å². The summed E-state index contributed by atoms with van der Waals surface area (Å²) < 4.78 is 1.78. The molecule has 1 aromatic heterocycles. The Balaban J connectivity index is 2.13. The average Bonchev–Trinajstić information content (AvgIpc) is 2.65. The van der Waals surface area contributed by atoms with Crippen molar-refractivity contribution in [3.63, 3.8) is 0 Å². The van der Waals surface area contributed by atoms with E-state index in [2.05, 4.69) is 10.4 Å². The van der Waals surface area contributed by atoms with E-state index in [0.29, 0.717) is 5.02 Å². The molecule has 1 aromatic carbocycles. The van der Waals surface area contributed by atoms with Gasteiger partial charge in [-0.15, -0.1) is 0 Å². The maximum Gasteiger partial charge on any atom is 0.244 e. The second-order valence-corrected chi connectivity index (χ2v) is 4.95. The largest absolute Gasteiger partial charge is 0.320 e. The number of amides is 1. The monoisotopic (exact) mass is 276 g/mol. The van der Waals surface area contributed by atoms with Gasteiger partial charge in [0.1, 0.15) is 12.2 Å². The van der Waals surface area contributed by atoms with Crippen LogP contribution in [0.2, 0.25) is 5.02 Å². The molecule has 1 aliphatic rings. The Bertz CT molecular complexity index is 647. The van der Waals surface area contributed by atoms with Crippen LogP contribution in [0.1, 0.15) is 5.69 Å². The van der Waals surface area contributed by atoms with Crippen LogP contribution in [0.5, 0.6) is 0 Å². The number of hydrogen-bond donors (Lipinski definition) is 1. The molecule has 0 unspecified atom stereocenters. The fourth-order valence-electron chi connectivity index (χ4n) is 2.33. The predicted molar refractivity (Wildman–Crippen MR) is 75.0 cm³/mol. The Hall–Kier alpha value is -2.01. The third-order valence-electron chi connectivity index (χ3n) is 3.15. The highest BCUT2D eigenvalue weighted by atomic mass is 35.5. The van der Waals surface area contributed by atoms with Crippen molar-refractivity contribution >= 4 is 34.7 Å². The predicted octanol–water partition coefficient (Wildman–Crippen LogP) is 2.47. The van der Waals surface area contributed by atoms with Crippen molar-refractivity contribution in [2.24, 2.45) is 7.05 Å². The molecule has 0 radical (unpaired) electrons. The number of rotatable bonds is 1. The van der Waals surface area contributed by atoms with Crippen LogP contribution in [0.4, 0.5) is 17.2 Å². The van der Waals surface area contributed by atoms with Crippen LogP contribution < -0.4 is 10.2 Å². The molecule has 19 heavy (non-hydrogen) atoms. The maximum absolute atomic E-state index is 11.8. The number of hydrogen-bond acceptors (Lipinski definition) is 3. The van der Waals surface area contributed by atoms with Gasteiger partial charge in [-0.3, -0.25) is 9.48 Å². The molecular weight excluding hydrogens is 264 g/mol. The van der Waals surface area contributed by atoms with Gasteiger partial charge in [0.25, 0.3) is 0 Å². The zero-order valence-corrected chi connectivity index (χ0v) is 11.4. The van der Waals surface area contributed by atoms with Gasteiger partial charge in [0.2, 0.25) is 5.91 Å². The first kappa shape index (κ1) is 12.0. The molecule has 1 amide bonds. The minimum Gasteiger partial charge on any atom is -0.320 e. The van der Waals surface area contributed by atoms with Crippen LogP contribution in [0.15, 0.2) is 24.3 Å². The first-order valence-corrected chi connectivity index (χ1v) is 6.30. The molecule has 0 fully saturated rings. The van der Waals surface area contributed by atoms with Crippen molar-refractivity contribution in [2.75, 3.05) is 16.8 Å². The van der Waals surface area contributed by atoms with Crippen molar-refractivity contribution in [1.82, 2.24) is 9.78 Å². The molecule has 5 nitrogen and oxygen atoms in total. The van der Waals surface area contributed by atoms with Gasteiger partial charge in [0.05, 0.1) is 5.69 Å². The number of benzene rings is 1. The Morgan fingerprint density at radius 3 is 2.68 bits per heavy atom. The summed E-state index contributed by atoms with van der Waals surface area (Å²) in [5.74, 6) is 0.845. The highest BCUT2D eigenvalue weighted by Gasteiger charge is 2.28. The van der Waals surface area contributed by atoms with Crippen LogP contribution >= 0.6 is 11.6 Å². The number of nitrogens with one attached hydrogen (secondary N) is 1. The number of carbonyl (C=O) groups excluding carboxylic acids is 1. The Morgan fingerprint density at radius 1 is 1.32 bits per heavy atom. The lowest BCUT2D eigenvalue weighted by atomic mass is 10.2. The zero-order valence-electron chi connectivity index (χ0n) is 10.6. The average molecular weight is 277 g/mol. The summed E-state index contributed by atoms with van der Waals surface area (Å²) in [7, 11) is 1.87.